The lowest BCUT2D eigenvalue weighted by Gasteiger charge is -2.26. The molecule has 0 spiro atoms. The molecular weight excluding hydrogens is 272 g/mol. The van der Waals surface area contributed by atoms with Gasteiger partial charge in [0, 0.05) is 25.0 Å². The molecule has 1 aromatic heterocycles. The van der Waals surface area contributed by atoms with Gasteiger partial charge in [0.05, 0.1) is 4.88 Å². The molecule has 0 aliphatic heterocycles. The average Bonchev–Trinajstić information content (AvgIpc) is 3.06. The molecule has 20 heavy (non-hydrogen) atoms. The summed E-state index contributed by atoms with van der Waals surface area (Å²) >= 11 is 1.43. The number of amides is 2. The molecule has 2 rings (SSSR count). The van der Waals surface area contributed by atoms with Crippen molar-refractivity contribution in [1.82, 2.24) is 10.2 Å². The van der Waals surface area contributed by atoms with E-state index < -0.39 is 0 Å². The van der Waals surface area contributed by atoms with E-state index in [1.807, 2.05) is 16.3 Å². The van der Waals surface area contributed by atoms with Gasteiger partial charge in [0.25, 0.3) is 5.91 Å². The normalized spacial score (nSPS) is 14.3. The third kappa shape index (κ3) is 4.07. The van der Waals surface area contributed by atoms with Crippen LogP contribution in [0.3, 0.4) is 0 Å². The minimum atomic E-state index is -0.0460. The van der Waals surface area contributed by atoms with Crippen LogP contribution in [-0.2, 0) is 4.79 Å². The van der Waals surface area contributed by atoms with Crippen molar-refractivity contribution in [3.63, 3.8) is 0 Å². The number of nitrogens with one attached hydrogen (secondary N) is 1. The zero-order chi connectivity index (χ0) is 14.5. The van der Waals surface area contributed by atoms with E-state index in [4.69, 9.17) is 0 Å². The lowest BCUT2D eigenvalue weighted by Crippen LogP contribution is -2.39. The number of carbonyl (C=O) groups is 2. The Morgan fingerprint density at radius 2 is 2.20 bits per heavy atom. The van der Waals surface area contributed by atoms with Gasteiger partial charge in [-0.05, 0) is 44.6 Å². The van der Waals surface area contributed by atoms with Crippen LogP contribution in [0.25, 0.3) is 0 Å². The van der Waals surface area contributed by atoms with E-state index in [1.54, 1.807) is 6.07 Å². The molecule has 4 nitrogen and oxygen atoms in total. The van der Waals surface area contributed by atoms with Crippen LogP contribution in [0.15, 0.2) is 17.5 Å². The second-order valence-corrected chi connectivity index (χ2v) is 6.41. The van der Waals surface area contributed by atoms with E-state index in [-0.39, 0.29) is 17.9 Å². The average molecular weight is 294 g/mol. The van der Waals surface area contributed by atoms with Gasteiger partial charge < -0.3 is 10.2 Å². The van der Waals surface area contributed by atoms with Gasteiger partial charge in [-0.2, -0.15) is 0 Å². The summed E-state index contributed by atoms with van der Waals surface area (Å²) in [6.07, 6.45) is 3.49. The van der Waals surface area contributed by atoms with Gasteiger partial charge in [-0.15, -0.1) is 11.3 Å². The molecule has 0 aromatic carbocycles. The lowest BCUT2D eigenvalue weighted by atomic mass is 10.2. The fourth-order valence-electron chi connectivity index (χ4n) is 2.33. The first-order valence-corrected chi connectivity index (χ1v) is 8.10. The fraction of sp³-hybridized carbons (Fsp3) is 0.600. The molecule has 1 aromatic rings. The molecule has 1 fully saturated rings. The van der Waals surface area contributed by atoms with E-state index >= 15 is 0 Å². The van der Waals surface area contributed by atoms with Gasteiger partial charge in [0.15, 0.2) is 0 Å². The highest BCUT2D eigenvalue weighted by Gasteiger charge is 2.33. The molecular formula is C15H22N2O2S. The van der Waals surface area contributed by atoms with Crippen molar-refractivity contribution < 1.29 is 9.59 Å². The number of hydrogen-bond acceptors (Lipinski definition) is 3. The highest BCUT2D eigenvalue weighted by Crippen LogP contribution is 2.29. The molecule has 0 bridgehead atoms. The summed E-state index contributed by atoms with van der Waals surface area (Å²) in [5.74, 6) is 0.170. The Labute approximate surface area is 124 Å². The van der Waals surface area contributed by atoms with Crippen molar-refractivity contribution in [1.29, 1.82) is 0 Å². The largest absolute Gasteiger partial charge is 0.351 e. The molecule has 2 amide bonds. The van der Waals surface area contributed by atoms with E-state index in [9.17, 15) is 9.59 Å². The van der Waals surface area contributed by atoms with Gasteiger partial charge in [-0.25, -0.2) is 0 Å². The predicted molar refractivity (Wildman–Crippen MR) is 80.9 cm³/mol. The highest BCUT2D eigenvalue weighted by atomic mass is 32.1. The van der Waals surface area contributed by atoms with Gasteiger partial charge in [0.1, 0.15) is 0 Å². The van der Waals surface area contributed by atoms with Crippen molar-refractivity contribution in [3.8, 4) is 0 Å². The molecule has 1 N–H and O–H groups in total. The third-order valence-electron chi connectivity index (χ3n) is 3.38. The number of hydrogen-bond donors (Lipinski definition) is 1. The number of thiophene rings is 1. The van der Waals surface area contributed by atoms with Crippen molar-refractivity contribution in [2.24, 2.45) is 0 Å². The molecule has 0 unspecified atom stereocenters. The quantitative estimate of drug-likeness (QED) is 0.786. The maximum atomic E-state index is 12.2. The topological polar surface area (TPSA) is 49.4 Å². The van der Waals surface area contributed by atoms with Gasteiger partial charge in [0.2, 0.25) is 5.91 Å². The molecule has 1 saturated carbocycles. The van der Waals surface area contributed by atoms with Crippen LogP contribution < -0.4 is 5.32 Å². The zero-order valence-electron chi connectivity index (χ0n) is 12.1. The van der Waals surface area contributed by atoms with Crippen LogP contribution >= 0.6 is 11.3 Å². The van der Waals surface area contributed by atoms with Crippen LogP contribution in [0.4, 0.5) is 0 Å². The summed E-state index contributed by atoms with van der Waals surface area (Å²) in [5.41, 5.74) is 0. The third-order valence-corrected chi connectivity index (χ3v) is 4.25. The predicted octanol–water partition coefficient (Wildman–Crippen LogP) is 2.66. The van der Waals surface area contributed by atoms with Crippen LogP contribution in [0.2, 0.25) is 0 Å². The maximum absolute atomic E-state index is 12.2. The monoisotopic (exact) mass is 294 g/mol. The Balaban J connectivity index is 1.67. The summed E-state index contributed by atoms with van der Waals surface area (Å²) in [7, 11) is 0. The van der Waals surface area contributed by atoms with Crippen molar-refractivity contribution in [2.75, 3.05) is 6.54 Å². The first kappa shape index (κ1) is 15.0. The molecule has 0 radical (unpaired) electrons. The van der Waals surface area contributed by atoms with Crippen LogP contribution in [0.5, 0.6) is 0 Å². The zero-order valence-corrected chi connectivity index (χ0v) is 12.9. The van der Waals surface area contributed by atoms with Crippen LogP contribution in [-0.4, -0.2) is 35.3 Å². The smallest absolute Gasteiger partial charge is 0.261 e. The highest BCUT2D eigenvalue weighted by molar-refractivity contribution is 7.12. The molecule has 1 heterocycles. The maximum Gasteiger partial charge on any atom is 0.261 e. The minimum Gasteiger partial charge on any atom is -0.351 e. The van der Waals surface area contributed by atoms with E-state index in [0.717, 1.165) is 17.7 Å². The molecule has 0 saturated heterocycles. The Kier molecular flexibility index (Phi) is 5.17. The lowest BCUT2D eigenvalue weighted by molar-refractivity contribution is -0.133. The van der Waals surface area contributed by atoms with Gasteiger partial charge in [-0.1, -0.05) is 6.07 Å². The molecule has 110 valence electrons. The molecule has 5 heteroatoms. The van der Waals surface area contributed by atoms with E-state index in [0.29, 0.717) is 25.4 Å². The van der Waals surface area contributed by atoms with E-state index in [1.165, 1.54) is 11.3 Å². The fourth-order valence-corrected chi connectivity index (χ4v) is 2.97. The standard InChI is InChI=1S/C15H22N2O2S/c1-11(2)17(12-7-8-12)14(18)6-3-9-16-15(19)13-5-4-10-20-13/h4-5,10-12H,3,6-9H2,1-2H3,(H,16,19). The van der Waals surface area contributed by atoms with E-state index in [2.05, 4.69) is 19.2 Å². The van der Waals surface area contributed by atoms with Crippen molar-refractivity contribution in [2.45, 2.75) is 51.6 Å². The summed E-state index contributed by atoms with van der Waals surface area (Å²) in [4.78, 5) is 26.6. The number of rotatable bonds is 7. The minimum absolute atomic E-state index is 0.0460. The Morgan fingerprint density at radius 1 is 1.45 bits per heavy atom. The van der Waals surface area contributed by atoms with Crippen molar-refractivity contribution in [3.05, 3.63) is 22.4 Å². The summed E-state index contributed by atoms with van der Waals surface area (Å²) < 4.78 is 0. The Hall–Kier alpha value is -1.36. The van der Waals surface area contributed by atoms with Crippen LogP contribution in [0, 0.1) is 0 Å². The van der Waals surface area contributed by atoms with Crippen LogP contribution in [0.1, 0.15) is 49.2 Å². The summed E-state index contributed by atoms with van der Waals surface area (Å²) in [6.45, 7) is 4.68. The summed E-state index contributed by atoms with van der Waals surface area (Å²) in [6, 6.07) is 4.40. The second kappa shape index (κ2) is 6.88. The summed E-state index contributed by atoms with van der Waals surface area (Å²) in [5, 5.41) is 4.74. The Morgan fingerprint density at radius 3 is 2.75 bits per heavy atom. The molecule has 1 aliphatic carbocycles. The van der Waals surface area contributed by atoms with Gasteiger partial charge in [-0.3, -0.25) is 9.59 Å². The number of nitrogens with zero attached hydrogens (tertiary/aromatic N) is 1. The molecule has 0 atom stereocenters. The van der Waals surface area contributed by atoms with Crippen molar-refractivity contribution >= 4 is 23.2 Å². The molecule has 1 aliphatic rings. The first-order chi connectivity index (χ1) is 9.59. The van der Waals surface area contributed by atoms with Gasteiger partial charge >= 0.3 is 0 Å². The Bertz CT molecular complexity index is 450. The first-order valence-electron chi connectivity index (χ1n) is 7.22. The number of carbonyl (C=O) groups excluding carboxylic acids is 2. The SMILES string of the molecule is CC(C)N(C(=O)CCCNC(=O)c1cccs1)C1CC1. The second-order valence-electron chi connectivity index (χ2n) is 5.46.